The second kappa shape index (κ2) is 4.67. The van der Waals surface area contributed by atoms with E-state index < -0.39 is 17.0 Å². The van der Waals surface area contributed by atoms with Gasteiger partial charge in [-0.25, -0.2) is 8.78 Å². The Hall–Kier alpha value is -1.69. The van der Waals surface area contributed by atoms with Crippen molar-refractivity contribution in [3.05, 3.63) is 35.7 Å². The molecule has 0 fully saturated rings. The van der Waals surface area contributed by atoms with Crippen LogP contribution < -0.4 is 5.32 Å². The van der Waals surface area contributed by atoms with E-state index in [1.807, 2.05) is 0 Å². The van der Waals surface area contributed by atoms with Crippen molar-refractivity contribution in [3.63, 3.8) is 0 Å². The van der Waals surface area contributed by atoms with E-state index in [1.54, 1.807) is 6.92 Å². The highest BCUT2D eigenvalue weighted by atomic mass is 35.5. The van der Waals surface area contributed by atoms with Crippen molar-refractivity contribution < 1.29 is 13.2 Å². The molecule has 1 N–H and O–H groups in total. The lowest BCUT2D eigenvalue weighted by atomic mass is 10.3. The number of nitrogens with one attached hydrogen (secondary N) is 1. The molecule has 4 nitrogen and oxygen atoms in total. The quantitative estimate of drug-likeness (QED) is 0.859. The highest BCUT2D eigenvalue weighted by Gasteiger charge is 2.12. The molecule has 0 aliphatic carbocycles. The van der Waals surface area contributed by atoms with Gasteiger partial charge >= 0.3 is 6.01 Å². The summed E-state index contributed by atoms with van der Waals surface area (Å²) in [5.74, 6) is -0.990. The molecule has 1 aromatic heterocycles. The maximum atomic E-state index is 13.3. The molecule has 0 saturated heterocycles. The van der Waals surface area contributed by atoms with Crippen molar-refractivity contribution in [2.75, 3.05) is 5.32 Å². The lowest BCUT2D eigenvalue weighted by Gasteiger charge is -2.02. The van der Waals surface area contributed by atoms with Gasteiger partial charge in [0.2, 0.25) is 5.89 Å². The summed E-state index contributed by atoms with van der Waals surface area (Å²) in [6, 6.07) is 2.96. The minimum Gasteiger partial charge on any atom is -0.406 e. The summed E-state index contributed by atoms with van der Waals surface area (Å²) in [6.07, 6.45) is 0. The van der Waals surface area contributed by atoms with Crippen molar-refractivity contribution >= 4 is 23.3 Å². The Labute approximate surface area is 101 Å². The van der Waals surface area contributed by atoms with Crippen LogP contribution in [0.5, 0.6) is 0 Å². The van der Waals surface area contributed by atoms with Gasteiger partial charge in [0, 0.05) is 6.07 Å². The average molecular weight is 260 g/mol. The fraction of sp³-hybridized carbons (Fsp3) is 0.200. The lowest BCUT2D eigenvalue weighted by molar-refractivity contribution is 0.508. The van der Waals surface area contributed by atoms with Crippen LogP contribution in [-0.4, -0.2) is 10.2 Å². The van der Waals surface area contributed by atoms with Gasteiger partial charge in [-0.2, -0.15) is 0 Å². The van der Waals surface area contributed by atoms with Crippen LogP contribution in [0.25, 0.3) is 0 Å². The van der Waals surface area contributed by atoms with Crippen LogP contribution in [0.1, 0.15) is 18.2 Å². The second-order valence-corrected chi connectivity index (χ2v) is 3.97. The third kappa shape index (κ3) is 2.71. The van der Waals surface area contributed by atoms with Gasteiger partial charge in [0.1, 0.15) is 17.0 Å². The van der Waals surface area contributed by atoms with Gasteiger partial charge in [-0.3, -0.25) is 0 Å². The van der Waals surface area contributed by atoms with E-state index in [1.165, 1.54) is 0 Å². The molecule has 2 rings (SSSR count). The smallest absolute Gasteiger partial charge is 0.320 e. The number of halogens is 3. The number of benzene rings is 1. The molecular formula is C10H8ClF2N3O. The largest absolute Gasteiger partial charge is 0.406 e. The third-order valence-electron chi connectivity index (χ3n) is 1.95. The highest BCUT2D eigenvalue weighted by Crippen LogP contribution is 2.23. The van der Waals surface area contributed by atoms with E-state index in [9.17, 15) is 8.78 Å². The summed E-state index contributed by atoms with van der Waals surface area (Å²) in [6.45, 7) is 1.65. The Morgan fingerprint density at radius 2 is 2.12 bits per heavy atom. The zero-order valence-electron chi connectivity index (χ0n) is 8.75. The van der Waals surface area contributed by atoms with Crippen LogP contribution in [0.4, 0.5) is 20.5 Å². The predicted molar refractivity (Wildman–Crippen MR) is 58.2 cm³/mol. The lowest BCUT2D eigenvalue weighted by Crippen LogP contribution is -1.94. The summed E-state index contributed by atoms with van der Waals surface area (Å²) >= 11 is 5.72. The van der Waals surface area contributed by atoms with Crippen molar-refractivity contribution in [2.24, 2.45) is 0 Å². The van der Waals surface area contributed by atoms with Crippen LogP contribution in [0.15, 0.2) is 22.6 Å². The van der Waals surface area contributed by atoms with Crippen molar-refractivity contribution in [2.45, 2.75) is 12.3 Å². The van der Waals surface area contributed by atoms with Crippen molar-refractivity contribution in [1.82, 2.24) is 10.2 Å². The molecule has 0 radical (unpaired) electrons. The average Bonchev–Trinajstić information content (AvgIpc) is 2.72. The first-order valence-electron chi connectivity index (χ1n) is 4.76. The number of hydrogen-bond donors (Lipinski definition) is 1. The van der Waals surface area contributed by atoms with E-state index in [2.05, 4.69) is 15.5 Å². The zero-order valence-corrected chi connectivity index (χ0v) is 9.50. The molecule has 1 aromatic carbocycles. The number of rotatable bonds is 3. The molecule has 90 valence electrons. The van der Waals surface area contributed by atoms with Gasteiger partial charge in [0.25, 0.3) is 0 Å². The van der Waals surface area contributed by atoms with E-state index in [-0.39, 0.29) is 17.6 Å². The van der Waals surface area contributed by atoms with Crippen LogP contribution in [0.2, 0.25) is 0 Å². The van der Waals surface area contributed by atoms with Gasteiger partial charge in [-0.05, 0) is 19.1 Å². The molecular weight excluding hydrogens is 252 g/mol. The normalized spacial score (nSPS) is 12.5. The topological polar surface area (TPSA) is 51.0 Å². The minimum absolute atomic E-state index is 0.0444. The van der Waals surface area contributed by atoms with Crippen LogP contribution >= 0.6 is 11.6 Å². The molecule has 0 amide bonds. The molecule has 7 heteroatoms. The monoisotopic (exact) mass is 259 g/mol. The summed E-state index contributed by atoms with van der Waals surface area (Å²) in [4.78, 5) is 0. The van der Waals surface area contributed by atoms with Crippen LogP contribution in [0, 0.1) is 11.6 Å². The van der Waals surface area contributed by atoms with Crippen LogP contribution in [0.3, 0.4) is 0 Å². The fourth-order valence-corrected chi connectivity index (χ4v) is 1.24. The van der Waals surface area contributed by atoms with Gasteiger partial charge < -0.3 is 9.73 Å². The molecule has 17 heavy (non-hydrogen) atoms. The van der Waals surface area contributed by atoms with Gasteiger partial charge in [-0.15, -0.1) is 16.7 Å². The second-order valence-electron chi connectivity index (χ2n) is 3.31. The molecule has 0 saturated carbocycles. The number of anilines is 2. The third-order valence-corrected chi connectivity index (χ3v) is 2.14. The van der Waals surface area contributed by atoms with Crippen molar-refractivity contribution in [1.29, 1.82) is 0 Å². The molecule has 1 atom stereocenters. The predicted octanol–water partition coefficient (Wildman–Crippen LogP) is 3.39. The van der Waals surface area contributed by atoms with Gasteiger partial charge in [-0.1, -0.05) is 5.10 Å². The first-order valence-corrected chi connectivity index (χ1v) is 5.19. The maximum absolute atomic E-state index is 13.3. The summed E-state index contributed by atoms with van der Waals surface area (Å²) in [5, 5.41) is 9.26. The minimum atomic E-state index is -0.620. The zero-order chi connectivity index (χ0) is 12.4. The SMILES string of the molecule is CC(Cl)c1nnc(Nc2cc(F)ccc2F)o1. The Morgan fingerprint density at radius 3 is 2.76 bits per heavy atom. The Morgan fingerprint density at radius 1 is 1.35 bits per heavy atom. The van der Waals surface area contributed by atoms with Gasteiger partial charge in [0.15, 0.2) is 0 Å². The van der Waals surface area contributed by atoms with E-state index in [0.717, 1.165) is 18.2 Å². The Kier molecular flexibility index (Phi) is 3.23. The summed E-state index contributed by atoms with van der Waals surface area (Å²) in [5.41, 5.74) is -0.0811. The first kappa shape index (κ1) is 11.8. The number of alkyl halides is 1. The number of hydrogen-bond acceptors (Lipinski definition) is 4. The first-order chi connectivity index (χ1) is 8.06. The van der Waals surface area contributed by atoms with Gasteiger partial charge in [0.05, 0.1) is 5.69 Å². The Balaban J connectivity index is 2.22. The summed E-state index contributed by atoms with van der Waals surface area (Å²) < 4.78 is 31.3. The standard InChI is InChI=1S/C10H8ClF2N3O/c1-5(11)9-15-16-10(17-9)14-8-4-6(12)2-3-7(8)13/h2-5H,1H3,(H,14,16). The molecule has 2 aromatic rings. The van der Waals surface area contributed by atoms with E-state index in [0.29, 0.717) is 0 Å². The molecule has 1 heterocycles. The number of nitrogens with zero attached hydrogens (tertiary/aromatic N) is 2. The molecule has 1 unspecified atom stereocenters. The molecule has 0 spiro atoms. The molecule has 0 aliphatic heterocycles. The van der Waals surface area contributed by atoms with E-state index >= 15 is 0 Å². The van der Waals surface area contributed by atoms with Crippen LogP contribution in [-0.2, 0) is 0 Å². The molecule has 0 bridgehead atoms. The fourth-order valence-electron chi connectivity index (χ4n) is 1.15. The highest BCUT2D eigenvalue weighted by molar-refractivity contribution is 6.20. The Bertz CT molecular complexity index is 530. The molecule has 0 aliphatic rings. The summed E-state index contributed by atoms with van der Waals surface area (Å²) in [7, 11) is 0. The van der Waals surface area contributed by atoms with Crippen molar-refractivity contribution in [3.8, 4) is 0 Å². The number of aromatic nitrogens is 2. The van der Waals surface area contributed by atoms with E-state index in [4.69, 9.17) is 16.0 Å². The maximum Gasteiger partial charge on any atom is 0.320 e.